The predicted molar refractivity (Wildman–Crippen MR) is 154 cm³/mol. The highest BCUT2D eigenvalue weighted by Gasteiger charge is 2.56. The number of carbonyl (C=O) groups excluding carboxylic acids is 3. The van der Waals surface area contributed by atoms with E-state index in [1.165, 1.54) is 0 Å². The van der Waals surface area contributed by atoms with Crippen molar-refractivity contribution in [3.05, 3.63) is 85.8 Å². The SMILES string of the molecule is O=C(O)CN1C(=O)[C@@H]2[C@H](c3cc(Cl)ccc3OCC(=O)Nc3ccc4ccccc4c3)c3sc(=O)[nH]c3S[C@@H]2C1=O. The average molecular weight is 610 g/mol. The van der Waals surface area contributed by atoms with Crippen LogP contribution >= 0.6 is 34.7 Å². The Balaban J connectivity index is 1.31. The fraction of sp³-hybridized carbons (Fsp3) is 0.179. The van der Waals surface area contributed by atoms with Crippen LogP contribution in [-0.2, 0) is 19.2 Å². The number of carboxylic acid groups (broad SMARTS) is 1. The molecule has 0 bridgehead atoms. The lowest BCUT2D eigenvalue weighted by atomic mass is 9.82. The highest BCUT2D eigenvalue weighted by atomic mass is 35.5. The molecule has 208 valence electrons. The molecule has 0 saturated carbocycles. The first kappa shape index (κ1) is 27.1. The number of nitrogens with one attached hydrogen (secondary N) is 2. The van der Waals surface area contributed by atoms with Gasteiger partial charge in [-0.1, -0.05) is 65.0 Å². The molecule has 6 rings (SSSR count). The van der Waals surface area contributed by atoms with Gasteiger partial charge < -0.3 is 20.1 Å². The largest absolute Gasteiger partial charge is 0.483 e. The first-order chi connectivity index (χ1) is 19.7. The Bertz CT molecular complexity index is 1800. The van der Waals surface area contributed by atoms with Crippen molar-refractivity contribution in [2.75, 3.05) is 18.5 Å². The molecule has 0 aliphatic carbocycles. The molecule has 4 aromatic rings. The summed E-state index contributed by atoms with van der Waals surface area (Å²) in [7, 11) is 0. The summed E-state index contributed by atoms with van der Waals surface area (Å²) < 4.78 is 5.93. The third kappa shape index (κ3) is 5.09. The minimum atomic E-state index is -1.32. The molecule has 1 aromatic heterocycles. The van der Waals surface area contributed by atoms with Crippen molar-refractivity contribution >= 4 is 74.9 Å². The van der Waals surface area contributed by atoms with Crippen LogP contribution in [-0.4, -0.2) is 57.1 Å². The maximum Gasteiger partial charge on any atom is 0.323 e. The van der Waals surface area contributed by atoms with Gasteiger partial charge in [0, 0.05) is 27.1 Å². The molecule has 10 nitrogen and oxygen atoms in total. The molecule has 41 heavy (non-hydrogen) atoms. The third-order valence-corrected chi connectivity index (χ3v) is 9.54. The first-order valence-electron chi connectivity index (χ1n) is 12.4. The van der Waals surface area contributed by atoms with Crippen molar-refractivity contribution in [2.24, 2.45) is 5.92 Å². The van der Waals surface area contributed by atoms with Crippen LogP contribution in [0.25, 0.3) is 10.8 Å². The molecule has 0 unspecified atom stereocenters. The topological polar surface area (TPSA) is 146 Å². The zero-order valence-electron chi connectivity index (χ0n) is 21.0. The number of aromatic nitrogens is 1. The summed E-state index contributed by atoms with van der Waals surface area (Å²) >= 11 is 8.27. The van der Waals surface area contributed by atoms with Crippen LogP contribution in [0.5, 0.6) is 5.75 Å². The van der Waals surface area contributed by atoms with Crippen molar-refractivity contribution in [3.8, 4) is 5.75 Å². The molecule has 1 saturated heterocycles. The standard InChI is InChI=1S/C28H20ClN3O7S2/c29-15-6-8-18(39-12-19(33)30-16-7-5-13-3-1-2-4-14(13)9-16)17(10-15)21-22-24(40-25-23(21)41-28(38)31-25)27(37)32(26(22)36)11-20(34)35/h1-10,21-22,24H,11-12H2,(H,30,33)(H,31,38)(H,34,35)/t21-,22+,24-/m0/s1. The van der Waals surface area contributed by atoms with Crippen LogP contribution < -0.4 is 14.9 Å². The van der Waals surface area contributed by atoms with Crippen LogP contribution in [0.2, 0.25) is 5.02 Å². The third-order valence-electron chi connectivity index (χ3n) is 6.91. The molecule has 1 fully saturated rings. The number of thiazole rings is 1. The number of halogens is 1. The summed E-state index contributed by atoms with van der Waals surface area (Å²) in [6.07, 6.45) is 0. The van der Waals surface area contributed by atoms with E-state index in [0.29, 0.717) is 26.2 Å². The second-order valence-corrected chi connectivity index (χ2v) is 12.1. The number of carboxylic acids is 1. The lowest BCUT2D eigenvalue weighted by Gasteiger charge is -2.31. The molecule has 3 heterocycles. The van der Waals surface area contributed by atoms with Crippen LogP contribution in [0.3, 0.4) is 0 Å². The zero-order valence-corrected chi connectivity index (χ0v) is 23.3. The van der Waals surface area contributed by atoms with Gasteiger partial charge in [-0.25, -0.2) is 0 Å². The lowest BCUT2D eigenvalue weighted by Crippen LogP contribution is -2.36. The molecular formula is C28H20ClN3O7S2. The molecule has 2 aliphatic heterocycles. The number of thioether (sulfide) groups is 1. The van der Waals surface area contributed by atoms with E-state index in [9.17, 15) is 29.1 Å². The summed E-state index contributed by atoms with van der Waals surface area (Å²) in [4.78, 5) is 66.7. The molecule has 2 aliphatic rings. The minimum Gasteiger partial charge on any atom is -0.483 e. The van der Waals surface area contributed by atoms with Gasteiger partial charge in [-0.05, 0) is 41.1 Å². The minimum absolute atomic E-state index is 0.238. The summed E-state index contributed by atoms with van der Waals surface area (Å²) in [6, 6.07) is 18.0. The van der Waals surface area contributed by atoms with Gasteiger partial charge in [0.1, 0.15) is 17.5 Å². The molecule has 3 amide bonds. The number of carbonyl (C=O) groups is 4. The number of benzene rings is 3. The number of aromatic amines is 1. The van der Waals surface area contributed by atoms with Crippen molar-refractivity contribution in [3.63, 3.8) is 0 Å². The van der Waals surface area contributed by atoms with Gasteiger partial charge in [0.25, 0.3) is 5.91 Å². The van der Waals surface area contributed by atoms with E-state index in [1.54, 1.807) is 24.3 Å². The Morgan fingerprint density at radius 1 is 1.02 bits per heavy atom. The fourth-order valence-electron chi connectivity index (χ4n) is 5.20. The summed E-state index contributed by atoms with van der Waals surface area (Å²) in [5.74, 6) is -4.65. The van der Waals surface area contributed by atoms with Crippen LogP contribution in [0.4, 0.5) is 5.69 Å². The number of anilines is 1. The normalized spacial score (nSPS) is 19.6. The van der Waals surface area contributed by atoms with Crippen molar-refractivity contribution in [1.82, 2.24) is 9.88 Å². The van der Waals surface area contributed by atoms with Gasteiger partial charge in [0.2, 0.25) is 11.8 Å². The number of ether oxygens (including phenoxy) is 1. The number of hydrogen-bond donors (Lipinski definition) is 3. The molecule has 3 N–H and O–H groups in total. The number of rotatable bonds is 7. The highest BCUT2D eigenvalue weighted by Crippen LogP contribution is 2.54. The van der Waals surface area contributed by atoms with Crippen molar-refractivity contribution in [1.29, 1.82) is 0 Å². The van der Waals surface area contributed by atoms with Crippen LogP contribution in [0, 0.1) is 5.92 Å². The van der Waals surface area contributed by atoms with Crippen molar-refractivity contribution < 1.29 is 29.0 Å². The smallest absolute Gasteiger partial charge is 0.323 e. The second-order valence-electron chi connectivity index (χ2n) is 9.49. The van der Waals surface area contributed by atoms with E-state index >= 15 is 0 Å². The summed E-state index contributed by atoms with van der Waals surface area (Å²) in [6.45, 7) is -1.14. The molecule has 13 heteroatoms. The van der Waals surface area contributed by atoms with E-state index in [1.807, 2.05) is 36.4 Å². The Morgan fingerprint density at radius 2 is 1.80 bits per heavy atom. The van der Waals surface area contributed by atoms with Gasteiger partial charge in [0.05, 0.1) is 10.9 Å². The highest BCUT2D eigenvalue weighted by molar-refractivity contribution is 8.00. The number of hydrogen-bond acceptors (Lipinski definition) is 8. The maximum atomic E-state index is 13.5. The Kier molecular flexibility index (Phi) is 7.06. The van der Waals surface area contributed by atoms with Gasteiger partial charge in [-0.15, -0.1) is 0 Å². The molecule has 3 aromatic carbocycles. The predicted octanol–water partition coefficient (Wildman–Crippen LogP) is 3.94. The van der Waals surface area contributed by atoms with E-state index in [2.05, 4.69) is 10.3 Å². The van der Waals surface area contributed by atoms with Gasteiger partial charge in [-0.3, -0.25) is 28.9 Å². The molecule has 3 atom stereocenters. The fourth-order valence-corrected chi connectivity index (χ4v) is 7.91. The molecule has 0 spiro atoms. The van der Waals surface area contributed by atoms with Crippen LogP contribution in [0.1, 0.15) is 16.4 Å². The monoisotopic (exact) mass is 609 g/mol. The number of amides is 3. The Morgan fingerprint density at radius 3 is 2.59 bits per heavy atom. The number of likely N-dealkylation sites (tertiary alicyclic amines) is 1. The van der Waals surface area contributed by atoms with Crippen LogP contribution in [0.15, 0.2) is 70.5 Å². The van der Waals surface area contributed by atoms with Gasteiger partial charge in [0.15, 0.2) is 6.61 Å². The maximum absolute atomic E-state index is 13.5. The summed E-state index contributed by atoms with van der Waals surface area (Å²) in [5, 5.41) is 13.9. The van der Waals surface area contributed by atoms with Gasteiger partial charge in [-0.2, -0.15) is 0 Å². The number of imide groups is 1. The Hall–Kier alpha value is -4.13. The Labute approximate surface area is 245 Å². The first-order valence-corrected chi connectivity index (χ1v) is 14.4. The lowest BCUT2D eigenvalue weighted by molar-refractivity contribution is -0.149. The van der Waals surface area contributed by atoms with E-state index in [0.717, 1.165) is 38.8 Å². The van der Waals surface area contributed by atoms with Crippen molar-refractivity contribution in [2.45, 2.75) is 16.2 Å². The molecular weight excluding hydrogens is 590 g/mol. The molecule has 0 radical (unpaired) electrons. The number of aliphatic carboxylic acids is 1. The number of H-pyrrole nitrogens is 1. The van der Waals surface area contributed by atoms with E-state index in [-0.39, 0.29) is 17.2 Å². The zero-order chi connectivity index (χ0) is 28.8. The van der Waals surface area contributed by atoms with E-state index < -0.39 is 47.3 Å². The summed E-state index contributed by atoms with van der Waals surface area (Å²) in [5.41, 5.74) is 0.997. The number of fused-ring (bicyclic) bond motifs is 3. The van der Waals surface area contributed by atoms with Gasteiger partial charge >= 0.3 is 10.8 Å². The second kappa shape index (κ2) is 10.7. The number of nitrogens with zero attached hydrogens (tertiary/aromatic N) is 1. The average Bonchev–Trinajstić information content (AvgIpc) is 3.42. The van der Waals surface area contributed by atoms with E-state index in [4.69, 9.17) is 16.3 Å². The quantitative estimate of drug-likeness (QED) is 0.267.